The number of benzene rings is 2. The van der Waals surface area contributed by atoms with Gasteiger partial charge in [-0.1, -0.05) is 36.7 Å². The second-order valence-corrected chi connectivity index (χ2v) is 11.8. The minimum Gasteiger partial charge on any atom is -0.478 e. The molecule has 0 fully saturated rings. The molecular weight excluding hydrogens is 644 g/mol. The van der Waals surface area contributed by atoms with Crippen LogP contribution in [0.3, 0.4) is 0 Å². The number of aromatic carboxylic acids is 1. The highest BCUT2D eigenvalue weighted by molar-refractivity contribution is 6.31. The number of ether oxygens (including phenoxy) is 2. The van der Waals surface area contributed by atoms with Crippen molar-refractivity contribution in [1.82, 2.24) is 34.5 Å². The van der Waals surface area contributed by atoms with Crippen LogP contribution in [0.25, 0.3) is 28.1 Å². The molecule has 0 bridgehead atoms. The summed E-state index contributed by atoms with van der Waals surface area (Å²) in [5.41, 5.74) is 2.02. The lowest BCUT2D eigenvalue weighted by Crippen LogP contribution is -2.13. The summed E-state index contributed by atoms with van der Waals surface area (Å²) in [5, 5.41) is 17.6. The van der Waals surface area contributed by atoms with Gasteiger partial charge in [-0.15, -0.1) is 5.10 Å². The van der Waals surface area contributed by atoms with Crippen molar-refractivity contribution in [2.45, 2.75) is 33.4 Å². The zero-order valence-corrected chi connectivity index (χ0v) is 26.7. The van der Waals surface area contributed by atoms with E-state index in [0.717, 1.165) is 12.1 Å². The van der Waals surface area contributed by atoms with Crippen molar-refractivity contribution in [3.05, 3.63) is 112 Å². The highest BCUT2D eigenvalue weighted by Crippen LogP contribution is 2.29. The molecule has 4 aromatic heterocycles. The SMILES string of the molecule is CC(C)COCCn1c(Cc2cc(F)c(-c3cccc(OCc4cnc(-n5ccnn5)cc4Cl)n3)cc2F)nc2ccc(C(=O)O)cc21. The first-order valence-electron chi connectivity index (χ1n) is 15.1. The summed E-state index contributed by atoms with van der Waals surface area (Å²) in [4.78, 5) is 25.0. The Kier molecular flexibility index (Phi) is 9.69. The molecule has 0 amide bonds. The van der Waals surface area contributed by atoms with Crippen molar-refractivity contribution in [3.8, 4) is 23.0 Å². The van der Waals surface area contributed by atoms with Gasteiger partial charge in [0.2, 0.25) is 5.88 Å². The van der Waals surface area contributed by atoms with Gasteiger partial charge < -0.3 is 19.1 Å². The zero-order chi connectivity index (χ0) is 33.8. The number of imidazole rings is 1. The maximum atomic E-state index is 15.6. The second-order valence-electron chi connectivity index (χ2n) is 11.4. The van der Waals surface area contributed by atoms with Gasteiger partial charge >= 0.3 is 5.97 Å². The summed E-state index contributed by atoms with van der Waals surface area (Å²) in [6.45, 7) is 5.35. The average Bonchev–Trinajstić information content (AvgIpc) is 3.72. The van der Waals surface area contributed by atoms with Crippen LogP contribution < -0.4 is 4.74 Å². The van der Waals surface area contributed by atoms with Crippen molar-refractivity contribution in [2.75, 3.05) is 13.2 Å². The van der Waals surface area contributed by atoms with Crippen LogP contribution in [-0.4, -0.2) is 58.8 Å². The third-order valence-corrected chi connectivity index (χ3v) is 7.77. The first-order valence-corrected chi connectivity index (χ1v) is 15.4. The van der Waals surface area contributed by atoms with Gasteiger partial charge in [0.15, 0.2) is 5.82 Å². The predicted octanol–water partition coefficient (Wildman–Crippen LogP) is 6.55. The third-order valence-electron chi connectivity index (χ3n) is 7.42. The Balaban J connectivity index is 1.21. The van der Waals surface area contributed by atoms with Crippen molar-refractivity contribution in [1.29, 1.82) is 0 Å². The van der Waals surface area contributed by atoms with E-state index in [1.807, 2.05) is 13.8 Å². The molecule has 6 aromatic rings. The summed E-state index contributed by atoms with van der Waals surface area (Å²) in [6.07, 6.45) is 4.68. The van der Waals surface area contributed by atoms with E-state index >= 15 is 8.78 Å². The summed E-state index contributed by atoms with van der Waals surface area (Å²) < 4.78 is 46.0. The molecule has 0 aliphatic heterocycles. The molecule has 246 valence electrons. The number of fused-ring (bicyclic) bond motifs is 1. The van der Waals surface area contributed by atoms with Crippen molar-refractivity contribution < 1.29 is 28.2 Å². The van der Waals surface area contributed by atoms with Gasteiger partial charge in [0.05, 0.1) is 46.3 Å². The zero-order valence-electron chi connectivity index (χ0n) is 26.0. The van der Waals surface area contributed by atoms with E-state index < -0.39 is 17.6 Å². The lowest BCUT2D eigenvalue weighted by atomic mass is 10.0. The first kappa shape index (κ1) is 32.7. The maximum absolute atomic E-state index is 15.6. The van der Waals surface area contributed by atoms with Gasteiger partial charge in [-0.3, -0.25) is 0 Å². The molecule has 0 atom stereocenters. The van der Waals surface area contributed by atoms with Crippen molar-refractivity contribution in [2.24, 2.45) is 5.92 Å². The van der Waals surface area contributed by atoms with E-state index in [2.05, 4.69) is 25.3 Å². The summed E-state index contributed by atoms with van der Waals surface area (Å²) in [6, 6.07) is 13.2. The number of carboxylic acids is 1. The highest BCUT2D eigenvalue weighted by atomic mass is 35.5. The Morgan fingerprint density at radius 1 is 1.04 bits per heavy atom. The summed E-state index contributed by atoms with van der Waals surface area (Å²) in [5.74, 6) is -0.950. The summed E-state index contributed by atoms with van der Waals surface area (Å²) in [7, 11) is 0. The lowest BCUT2D eigenvalue weighted by molar-refractivity contribution is 0.0697. The fourth-order valence-corrected chi connectivity index (χ4v) is 5.26. The van der Waals surface area contributed by atoms with Crippen LogP contribution in [0.1, 0.15) is 41.2 Å². The molecule has 0 saturated heterocycles. The Morgan fingerprint density at radius 3 is 2.65 bits per heavy atom. The first-order chi connectivity index (χ1) is 23.2. The number of hydrogen-bond donors (Lipinski definition) is 1. The monoisotopic (exact) mass is 673 g/mol. The number of pyridine rings is 2. The van der Waals surface area contributed by atoms with E-state index in [9.17, 15) is 9.90 Å². The third kappa shape index (κ3) is 7.32. The van der Waals surface area contributed by atoms with Gasteiger partial charge in [-0.05, 0) is 47.9 Å². The molecular formula is C34H30ClF2N7O4. The molecule has 0 radical (unpaired) electrons. The van der Waals surface area contributed by atoms with E-state index in [4.69, 9.17) is 21.1 Å². The van der Waals surface area contributed by atoms with Gasteiger partial charge in [0, 0.05) is 49.0 Å². The van der Waals surface area contributed by atoms with Crippen LogP contribution in [-0.2, 0) is 24.3 Å². The number of hydrogen-bond acceptors (Lipinski definition) is 8. The fourth-order valence-electron chi connectivity index (χ4n) is 5.06. The number of halogens is 3. The smallest absolute Gasteiger partial charge is 0.335 e. The Labute approximate surface area is 278 Å². The largest absolute Gasteiger partial charge is 0.478 e. The number of carbonyl (C=O) groups is 1. The molecule has 14 heteroatoms. The quantitative estimate of drug-likeness (QED) is 0.136. The minimum atomic E-state index is -1.08. The Hall–Kier alpha value is -5.27. The normalized spacial score (nSPS) is 11.5. The van der Waals surface area contributed by atoms with E-state index in [-0.39, 0.29) is 41.3 Å². The van der Waals surface area contributed by atoms with Crippen molar-refractivity contribution in [3.63, 3.8) is 0 Å². The van der Waals surface area contributed by atoms with E-state index in [0.29, 0.717) is 58.9 Å². The Morgan fingerprint density at radius 2 is 1.90 bits per heavy atom. The summed E-state index contributed by atoms with van der Waals surface area (Å²) >= 11 is 6.42. The predicted molar refractivity (Wildman–Crippen MR) is 173 cm³/mol. The van der Waals surface area contributed by atoms with Crippen LogP contribution in [0, 0.1) is 17.6 Å². The maximum Gasteiger partial charge on any atom is 0.335 e. The molecule has 6 rings (SSSR count). The van der Waals surface area contributed by atoms with Crippen LogP contribution in [0.15, 0.2) is 73.2 Å². The highest BCUT2D eigenvalue weighted by Gasteiger charge is 2.19. The van der Waals surface area contributed by atoms with Crippen LogP contribution in [0.4, 0.5) is 8.78 Å². The standard InChI is InChI=1S/C34H30ClF2N7O4/c1-20(2)18-47-11-10-43-30-13-21(34(45)46)6-7-29(30)40-32(43)14-22-12-27(37)24(15-26(22)36)28-4-3-5-33(41-28)48-19-23-17-38-31(16-25(23)35)44-9-8-39-42-44/h3-9,12-13,15-17,20H,10-11,14,18-19H2,1-2H3,(H,45,46). The molecule has 11 nitrogen and oxygen atoms in total. The van der Waals surface area contributed by atoms with Crippen molar-refractivity contribution >= 4 is 28.6 Å². The molecule has 48 heavy (non-hydrogen) atoms. The molecule has 0 aliphatic rings. The molecule has 0 spiro atoms. The van der Waals surface area contributed by atoms with Crippen LogP contribution in [0.5, 0.6) is 5.88 Å². The molecule has 0 saturated carbocycles. The lowest BCUT2D eigenvalue weighted by Gasteiger charge is -2.13. The van der Waals surface area contributed by atoms with E-state index in [1.54, 1.807) is 47.3 Å². The minimum absolute atomic E-state index is 0.0349. The average molecular weight is 674 g/mol. The number of nitrogens with zero attached hydrogens (tertiary/aromatic N) is 7. The second kappa shape index (κ2) is 14.2. The molecule has 2 aromatic carbocycles. The van der Waals surface area contributed by atoms with Gasteiger partial charge in [-0.2, -0.15) is 0 Å². The Bertz CT molecular complexity index is 2090. The van der Waals surface area contributed by atoms with Crippen LogP contribution >= 0.6 is 11.6 Å². The number of aromatic nitrogens is 7. The molecule has 4 heterocycles. The molecule has 0 aliphatic carbocycles. The van der Waals surface area contributed by atoms with Gasteiger partial charge in [0.1, 0.15) is 24.1 Å². The van der Waals surface area contributed by atoms with Gasteiger partial charge in [-0.25, -0.2) is 33.2 Å². The fraction of sp³-hybridized carbons (Fsp3) is 0.235. The molecule has 0 unspecified atom stereocenters. The van der Waals surface area contributed by atoms with Crippen LogP contribution in [0.2, 0.25) is 5.02 Å². The number of carboxylic acid groups (broad SMARTS) is 1. The number of rotatable bonds is 13. The topological polar surface area (TPSA) is 130 Å². The van der Waals surface area contributed by atoms with E-state index in [1.165, 1.54) is 23.0 Å². The van der Waals surface area contributed by atoms with Gasteiger partial charge in [0.25, 0.3) is 0 Å². The molecule has 1 N–H and O–H groups in total.